The number of rotatable bonds is 2. The molecule has 0 spiro atoms. The fourth-order valence-electron chi connectivity index (χ4n) is 1.19. The fraction of sp³-hybridized carbons (Fsp3) is 0.0909. The molecule has 2 rings (SSSR count). The molecular weight excluding hydrogens is 338 g/mol. The summed E-state index contributed by atoms with van der Waals surface area (Å²) in [7, 11) is 0. The molecule has 0 aliphatic carbocycles. The van der Waals surface area contributed by atoms with Crippen LogP contribution < -0.4 is 10.3 Å². The van der Waals surface area contributed by atoms with Crippen molar-refractivity contribution < 1.29 is 9.13 Å². The normalized spacial score (nSPS) is 10.3. The Kier molecular flexibility index (Phi) is 3.41. The van der Waals surface area contributed by atoms with Crippen molar-refractivity contribution >= 4 is 22.6 Å². The zero-order valence-electron chi connectivity index (χ0n) is 8.83. The summed E-state index contributed by atoms with van der Waals surface area (Å²) in [6.07, 6.45) is 1.24. The third kappa shape index (κ3) is 2.63. The number of nitrogens with zero attached hydrogens (tertiary/aromatic N) is 1. The summed E-state index contributed by atoms with van der Waals surface area (Å²) in [5.41, 5.74) is 0.245. The van der Waals surface area contributed by atoms with Crippen LogP contribution in [-0.2, 0) is 0 Å². The summed E-state index contributed by atoms with van der Waals surface area (Å²) < 4.78 is 19.0. The number of H-pyrrole nitrogens is 1. The lowest BCUT2D eigenvalue weighted by atomic mass is 10.2. The molecule has 17 heavy (non-hydrogen) atoms. The minimum atomic E-state index is -0.359. The van der Waals surface area contributed by atoms with Crippen LogP contribution in [0.3, 0.4) is 0 Å². The molecule has 0 radical (unpaired) electrons. The van der Waals surface area contributed by atoms with Crippen molar-refractivity contribution in [3.63, 3.8) is 0 Å². The van der Waals surface area contributed by atoms with Crippen molar-refractivity contribution in [1.82, 2.24) is 9.97 Å². The molecule has 0 saturated carbocycles. The van der Waals surface area contributed by atoms with Gasteiger partial charge in [0.05, 0.1) is 6.33 Å². The number of benzene rings is 1. The third-order valence-corrected chi connectivity index (χ3v) is 3.07. The summed E-state index contributed by atoms with van der Waals surface area (Å²) in [5.74, 6) is 0.115. The number of halogens is 2. The average molecular weight is 346 g/mol. The Labute approximate surface area is 110 Å². The summed E-state index contributed by atoms with van der Waals surface area (Å²) in [6, 6.07) is 4.48. The van der Waals surface area contributed by atoms with Crippen molar-refractivity contribution in [1.29, 1.82) is 0 Å². The molecule has 2 aromatic rings. The van der Waals surface area contributed by atoms with Gasteiger partial charge in [0, 0.05) is 6.07 Å². The monoisotopic (exact) mass is 346 g/mol. The second kappa shape index (κ2) is 4.82. The lowest BCUT2D eigenvalue weighted by Crippen LogP contribution is -2.11. The maximum Gasteiger partial charge on any atom is 0.268 e. The molecule has 6 heteroatoms. The Morgan fingerprint density at radius 2 is 2.24 bits per heavy atom. The highest BCUT2D eigenvalue weighted by atomic mass is 127. The third-order valence-electron chi connectivity index (χ3n) is 2.12. The number of aromatic amines is 1. The van der Waals surface area contributed by atoms with Crippen LogP contribution in [0.25, 0.3) is 0 Å². The van der Waals surface area contributed by atoms with Gasteiger partial charge in [-0.2, -0.15) is 0 Å². The molecule has 1 aromatic carbocycles. The van der Waals surface area contributed by atoms with Crippen LogP contribution in [0.1, 0.15) is 5.56 Å². The Hall–Kier alpha value is -1.44. The minimum absolute atomic E-state index is 0.164. The molecule has 4 nitrogen and oxygen atoms in total. The lowest BCUT2D eigenvalue weighted by molar-refractivity contribution is 0.451. The largest absolute Gasteiger partial charge is 0.438 e. The Morgan fingerprint density at radius 1 is 1.47 bits per heavy atom. The maximum atomic E-state index is 13.3. The molecule has 0 saturated heterocycles. The summed E-state index contributed by atoms with van der Waals surface area (Å²) in [5, 5.41) is 0. The van der Waals surface area contributed by atoms with Crippen LogP contribution >= 0.6 is 22.6 Å². The summed E-state index contributed by atoms with van der Waals surface area (Å²) in [4.78, 5) is 17.6. The van der Waals surface area contributed by atoms with Crippen molar-refractivity contribution in [3.8, 4) is 11.6 Å². The minimum Gasteiger partial charge on any atom is -0.438 e. The van der Waals surface area contributed by atoms with Gasteiger partial charge in [0.15, 0.2) is 0 Å². The predicted octanol–water partition coefficient (Wildman–Crippen LogP) is 2.61. The first kappa shape index (κ1) is 12.0. The Bertz CT molecular complexity index is 613. The number of ether oxygens (including phenoxy) is 1. The summed E-state index contributed by atoms with van der Waals surface area (Å²) >= 11 is 1.82. The molecule has 1 heterocycles. The average Bonchev–Trinajstić information content (AvgIpc) is 2.30. The van der Waals surface area contributed by atoms with E-state index in [9.17, 15) is 9.18 Å². The fourth-order valence-corrected chi connectivity index (χ4v) is 1.59. The number of aromatic nitrogens is 2. The predicted molar refractivity (Wildman–Crippen MR) is 68.8 cm³/mol. The zero-order valence-corrected chi connectivity index (χ0v) is 11.0. The van der Waals surface area contributed by atoms with Crippen molar-refractivity contribution in [2.75, 3.05) is 0 Å². The van der Waals surface area contributed by atoms with Crippen LogP contribution in [-0.4, -0.2) is 9.97 Å². The molecule has 0 fully saturated rings. The van der Waals surface area contributed by atoms with Gasteiger partial charge in [0.2, 0.25) is 5.88 Å². The zero-order chi connectivity index (χ0) is 12.4. The van der Waals surface area contributed by atoms with E-state index in [1.165, 1.54) is 12.4 Å². The highest BCUT2D eigenvalue weighted by Crippen LogP contribution is 2.23. The Balaban J connectivity index is 2.35. The van der Waals surface area contributed by atoms with Crippen molar-refractivity contribution in [3.05, 3.63) is 49.8 Å². The molecular formula is C11H8FIN2O2. The quantitative estimate of drug-likeness (QED) is 0.851. The lowest BCUT2D eigenvalue weighted by Gasteiger charge is -2.06. The van der Waals surface area contributed by atoms with Gasteiger partial charge in [0.1, 0.15) is 15.1 Å². The van der Waals surface area contributed by atoms with E-state index in [0.29, 0.717) is 14.9 Å². The van der Waals surface area contributed by atoms with E-state index >= 15 is 0 Å². The van der Waals surface area contributed by atoms with Crippen molar-refractivity contribution in [2.24, 2.45) is 0 Å². The van der Waals surface area contributed by atoms with Gasteiger partial charge in [-0.25, -0.2) is 9.37 Å². The van der Waals surface area contributed by atoms with Gasteiger partial charge in [-0.15, -0.1) is 0 Å². The first-order valence-corrected chi connectivity index (χ1v) is 5.83. The maximum absolute atomic E-state index is 13.3. The smallest absolute Gasteiger partial charge is 0.268 e. The highest BCUT2D eigenvalue weighted by molar-refractivity contribution is 14.1. The topological polar surface area (TPSA) is 55.0 Å². The molecule has 0 unspecified atom stereocenters. The van der Waals surface area contributed by atoms with E-state index in [2.05, 4.69) is 9.97 Å². The van der Waals surface area contributed by atoms with Crippen LogP contribution in [0, 0.1) is 16.3 Å². The van der Waals surface area contributed by atoms with Gasteiger partial charge >= 0.3 is 0 Å². The number of nitrogens with one attached hydrogen (secondary N) is 1. The molecule has 88 valence electrons. The van der Waals surface area contributed by atoms with Crippen LogP contribution in [0.15, 0.2) is 29.3 Å². The van der Waals surface area contributed by atoms with Gasteiger partial charge in [-0.3, -0.25) is 4.79 Å². The molecule has 0 amide bonds. The van der Waals surface area contributed by atoms with Crippen LogP contribution in [0.4, 0.5) is 4.39 Å². The van der Waals surface area contributed by atoms with Gasteiger partial charge in [0.25, 0.3) is 5.56 Å². The van der Waals surface area contributed by atoms with E-state index in [1.54, 1.807) is 19.1 Å². The van der Waals surface area contributed by atoms with Crippen molar-refractivity contribution in [2.45, 2.75) is 6.92 Å². The first-order valence-electron chi connectivity index (χ1n) is 4.75. The highest BCUT2D eigenvalue weighted by Gasteiger charge is 2.08. The second-order valence-corrected chi connectivity index (χ2v) is 4.44. The van der Waals surface area contributed by atoms with Gasteiger partial charge < -0.3 is 9.72 Å². The number of hydrogen-bond donors (Lipinski definition) is 1. The number of aryl methyl sites for hydroxylation is 1. The molecule has 0 bridgehead atoms. The van der Waals surface area contributed by atoms with Gasteiger partial charge in [-0.1, -0.05) is 6.07 Å². The first-order chi connectivity index (χ1) is 8.08. The second-order valence-electron chi connectivity index (χ2n) is 3.36. The van der Waals surface area contributed by atoms with E-state index in [4.69, 9.17) is 4.74 Å². The number of hydrogen-bond acceptors (Lipinski definition) is 3. The SMILES string of the molecule is Cc1ccc(Oc2nc[nH]c(=O)c2I)cc1F. The van der Waals surface area contributed by atoms with E-state index < -0.39 is 0 Å². The van der Waals surface area contributed by atoms with Gasteiger partial charge in [-0.05, 0) is 41.1 Å². The van der Waals surface area contributed by atoms with Crippen LogP contribution in [0.5, 0.6) is 11.6 Å². The van der Waals surface area contributed by atoms with E-state index in [1.807, 2.05) is 22.6 Å². The Morgan fingerprint density at radius 3 is 2.94 bits per heavy atom. The molecule has 0 aliphatic rings. The summed E-state index contributed by atoms with van der Waals surface area (Å²) in [6.45, 7) is 1.66. The molecule has 1 N–H and O–H groups in total. The van der Waals surface area contributed by atoms with Crippen LogP contribution in [0.2, 0.25) is 0 Å². The molecule has 0 atom stereocenters. The van der Waals surface area contributed by atoms with E-state index in [0.717, 1.165) is 0 Å². The molecule has 0 aliphatic heterocycles. The standard InChI is InChI=1S/C11H8FIN2O2/c1-6-2-3-7(4-8(6)12)17-11-9(13)10(16)14-5-15-11/h2-5H,1H3,(H,14,15,16). The van der Waals surface area contributed by atoms with E-state index in [-0.39, 0.29) is 17.3 Å². The molecule has 1 aromatic heterocycles.